The van der Waals surface area contributed by atoms with Crippen molar-refractivity contribution in [3.8, 4) is 0 Å². The lowest BCUT2D eigenvalue weighted by Crippen LogP contribution is -2.52. The Morgan fingerprint density at radius 2 is 2.09 bits per heavy atom. The van der Waals surface area contributed by atoms with Crippen LogP contribution in [0.3, 0.4) is 0 Å². The molecule has 0 spiro atoms. The summed E-state index contributed by atoms with van der Waals surface area (Å²) in [5, 5.41) is 3.23. The Morgan fingerprint density at radius 1 is 1.34 bits per heavy atom. The molecule has 0 saturated carbocycles. The molecule has 3 aliphatic heterocycles. The summed E-state index contributed by atoms with van der Waals surface area (Å²) >= 11 is 6.70. The number of nitrogens with one attached hydrogen (secondary N) is 1. The van der Waals surface area contributed by atoms with Gasteiger partial charge in [0.15, 0.2) is 6.23 Å². The van der Waals surface area contributed by atoms with Crippen molar-refractivity contribution in [2.45, 2.75) is 11.6 Å². The van der Waals surface area contributed by atoms with Gasteiger partial charge in [-0.25, -0.2) is 9.18 Å². The fourth-order valence-corrected chi connectivity index (χ4v) is 5.08. The minimum Gasteiger partial charge on any atom is -0.474 e. The number of ether oxygens (including phenoxy) is 2. The minimum absolute atomic E-state index is 0.1000. The van der Waals surface area contributed by atoms with Gasteiger partial charge >= 0.3 is 6.09 Å². The molecular formula is C20H26FN5O4S2. The van der Waals surface area contributed by atoms with E-state index in [2.05, 4.69) is 5.32 Å². The van der Waals surface area contributed by atoms with Gasteiger partial charge in [0.2, 0.25) is 5.91 Å². The van der Waals surface area contributed by atoms with Crippen molar-refractivity contribution < 1.29 is 23.5 Å². The van der Waals surface area contributed by atoms with E-state index in [-0.39, 0.29) is 23.0 Å². The summed E-state index contributed by atoms with van der Waals surface area (Å²) in [6, 6.07) is 4.71. The highest BCUT2D eigenvalue weighted by Gasteiger charge is 2.37. The summed E-state index contributed by atoms with van der Waals surface area (Å²) in [4.78, 5) is 31.5. The molecule has 3 heterocycles. The van der Waals surface area contributed by atoms with Crippen molar-refractivity contribution in [1.82, 2.24) is 15.1 Å². The van der Waals surface area contributed by atoms with Crippen molar-refractivity contribution in [3.05, 3.63) is 24.0 Å². The molecule has 4 rings (SSSR count). The number of halogens is 1. The monoisotopic (exact) mass is 483 g/mol. The normalized spacial score (nSPS) is 23.3. The maximum absolute atomic E-state index is 15.0. The maximum Gasteiger partial charge on any atom is 0.416 e. The van der Waals surface area contributed by atoms with Gasteiger partial charge in [0.05, 0.1) is 25.0 Å². The second-order valence-electron chi connectivity index (χ2n) is 7.68. The number of rotatable bonds is 4. The maximum atomic E-state index is 15.0. The Bertz CT molecular complexity index is 893. The highest BCUT2D eigenvalue weighted by Crippen LogP contribution is 2.29. The average Bonchev–Trinajstić information content (AvgIpc) is 3.48. The first-order valence-corrected chi connectivity index (χ1v) is 11.8. The van der Waals surface area contributed by atoms with Crippen molar-refractivity contribution >= 4 is 52.5 Å². The van der Waals surface area contributed by atoms with E-state index < -0.39 is 18.1 Å². The first kappa shape index (κ1) is 22.9. The number of nitrogens with zero attached hydrogens (tertiary/aromatic N) is 4. The number of likely N-dealkylation sites (N-methyl/N-ethyl adjacent to an activating group) is 1. The second kappa shape index (κ2) is 9.67. The van der Waals surface area contributed by atoms with E-state index in [4.69, 9.17) is 21.7 Å². The average molecular weight is 484 g/mol. The predicted octanol–water partition coefficient (Wildman–Crippen LogP) is 1.28. The van der Waals surface area contributed by atoms with Crippen LogP contribution in [-0.4, -0.2) is 97.8 Å². The van der Waals surface area contributed by atoms with Crippen LogP contribution in [0.15, 0.2) is 18.2 Å². The van der Waals surface area contributed by atoms with Crippen LogP contribution in [0, 0.1) is 5.82 Å². The number of carbonyl (C=O) groups is 2. The van der Waals surface area contributed by atoms with Crippen molar-refractivity contribution in [2.24, 2.45) is 0 Å². The Morgan fingerprint density at radius 3 is 2.72 bits per heavy atom. The van der Waals surface area contributed by atoms with Gasteiger partial charge in [0.1, 0.15) is 11.2 Å². The number of hydrogen-bond acceptors (Lipinski definition) is 8. The van der Waals surface area contributed by atoms with Crippen LogP contribution >= 0.6 is 24.0 Å². The third-order valence-electron chi connectivity index (χ3n) is 5.81. The third-order valence-corrected chi connectivity index (χ3v) is 7.40. The molecule has 0 aliphatic carbocycles. The van der Waals surface area contributed by atoms with Crippen LogP contribution in [0.4, 0.5) is 20.6 Å². The topological polar surface area (TPSA) is 77.6 Å². The molecule has 0 bridgehead atoms. The molecule has 0 radical (unpaired) electrons. The molecule has 3 fully saturated rings. The lowest BCUT2D eigenvalue weighted by Gasteiger charge is -2.37. The van der Waals surface area contributed by atoms with Crippen LogP contribution in [0.1, 0.15) is 0 Å². The number of thioether (sulfide) groups is 1. The fraction of sp³-hybridized carbons (Fsp3) is 0.550. The SMILES string of the molecule is COC(=S)N(C)C1CN(c2ccc(N3CCN(C(=O)[C@H]4NCCS4)CC3)c(F)c2)C(=O)O1. The van der Waals surface area contributed by atoms with Gasteiger partial charge in [-0.2, -0.15) is 0 Å². The number of piperazine rings is 1. The molecule has 1 aromatic carbocycles. The summed E-state index contributed by atoms with van der Waals surface area (Å²) in [7, 11) is 3.12. The van der Waals surface area contributed by atoms with Crippen molar-refractivity contribution in [2.75, 3.05) is 69.0 Å². The van der Waals surface area contributed by atoms with Crippen molar-refractivity contribution in [1.29, 1.82) is 0 Å². The van der Waals surface area contributed by atoms with Crippen LogP contribution < -0.4 is 15.1 Å². The van der Waals surface area contributed by atoms with Gasteiger partial charge in [-0.3, -0.25) is 19.9 Å². The van der Waals surface area contributed by atoms with E-state index in [1.165, 1.54) is 18.1 Å². The van der Waals surface area contributed by atoms with E-state index >= 15 is 0 Å². The standard InChI is InChI=1S/C20H26FN5O4S2/c1-23(20(31)29-2)16-12-26(19(28)30-16)13-3-4-15(14(21)11-13)24-6-8-25(9-7-24)18(27)17-22-5-10-32-17/h3-4,11,16-17,22H,5-10,12H2,1-2H3/t16?,17-/m0/s1. The summed E-state index contributed by atoms with van der Waals surface area (Å²) < 4.78 is 25.3. The number of thiocarbonyl (C=S) groups is 1. The lowest BCUT2D eigenvalue weighted by molar-refractivity contribution is -0.131. The van der Waals surface area contributed by atoms with Crippen LogP contribution in [0.2, 0.25) is 0 Å². The molecule has 2 atom stereocenters. The van der Waals surface area contributed by atoms with Gasteiger partial charge < -0.3 is 19.3 Å². The van der Waals surface area contributed by atoms with E-state index in [1.807, 2.05) is 9.80 Å². The molecule has 174 valence electrons. The molecular weight excluding hydrogens is 457 g/mol. The number of cyclic esters (lactones) is 1. The molecule has 9 nitrogen and oxygen atoms in total. The van der Waals surface area contributed by atoms with E-state index in [0.717, 1.165) is 12.3 Å². The summed E-state index contributed by atoms with van der Waals surface area (Å²) in [5.74, 6) is 0.615. The fourth-order valence-electron chi connectivity index (χ4n) is 3.96. The molecule has 3 saturated heterocycles. The smallest absolute Gasteiger partial charge is 0.416 e. The van der Waals surface area contributed by atoms with Gasteiger partial charge in [-0.15, -0.1) is 11.8 Å². The molecule has 1 unspecified atom stereocenters. The Balaban J connectivity index is 1.38. The van der Waals surface area contributed by atoms with Crippen LogP contribution in [-0.2, 0) is 14.3 Å². The van der Waals surface area contributed by atoms with Gasteiger partial charge in [0.25, 0.3) is 5.17 Å². The summed E-state index contributed by atoms with van der Waals surface area (Å²) in [6.07, 6.45) is -1.19. The van der Waals surface area contributed by atoms with E-state index in [9.17, 15) is 14.0 Å². The van der Waals surface area contributed by atoms with Crippen LogP contribution in [0.5, 0.6) is 0 Å². The van der Waals surface area contributed by atoms with Gasteiger partial charge in [-0.1, -0.05) is 0 Å². The zero-order valence-corrected chi connectivity index (χ0v) is 19.6. The number of methoxy groups -OCH3 is 1. The predicted molar refractivity (Wildman–Crippen MR) is 124 cm³/mol. The third kappa shape index (κ3) is 4.57. The first-order chi connectivity index (χ1) is 15.4. The number of benzene rings is 1. The quantitative estimate of drug-likeness (QED) is 0.638. The number of amides is 2. The first-order valence-electron chi connectivity index (χ1n) is 10.4. The highest BCUT2D eigenvalue weighted by molar-refractivity contribution is 8.00. The molecule has 1 aromatic rings. The van der Waals surface area contributed by atoms with Gasteiger partial charge in [-0.05, 0) is 30.4 Å². The number of anilines is 2. The van der Waals surface area contributed by atoms with Crippen LogP contribution in [0.25, 0.3) is 0 Å². The Hall–Kier alpha value is -2.31. The lowest BCUT2D eigenvalue weighted by atomic mass is 10.2. The number of hydrogen-bond donors (Lipinski definition) is 1. The second-order valence-corrected chi connectivity index (χ2v) is 9.25. The van der Waals surface area contributed by atoms with E-state index in [1.54, 1.807) is 35.8 Å². The largest absolute Gasteiger partial charge is 0.474 e. The molecule has 0 aromatic heterocycles. The minimum atomic E-state index is -0.615. The molecule has 2 amide bonds. The molecule has 12 heteroatoms. The molecule has 32 heavy (non-hydrogen) atoms. The summed E-state index contributed by atoms with van der Waals surface area (Å²) in [5.41, 5.74) is 0.865. The summed E-state index contributed by atoms with van der Waals surface area (Å²) in [6.45, 7) is 3.24. The Kier molecular flexibility index (Phi) is 6.91. The number of carbonyl (C=O) groups excluding carboxylic acids is 2. The van der Waals surface area contributed by atoms with Gasteiger partial charge in [0, 0.05) is 45.5 Å². The molecule has 1 N–H and O–H groups in total. The zero-order chi connectivity index (χ0) is 22.8. The highest BCUT2D eigenvalue weighted by atomic mass is 32.2. The van der Waals surface area contributed by atoms with E-state index in [0.29, 0.717) is 37.6 Å². The zero-order valence-electron chi connectivity index (χ0n) is 18.0. The Labute approximate surface area is 195 Å². The van der Waals surface area contributed by atoms with Crippen molar-refractivity contribution in [3.63, 3.8) is 0 Å². The molecule has 3 aliphatic rings.